The minimum atomic E-state index is -3.71. The van der Waals surface area contributed by atoms with Gasteiger partial charge in [0.1, 0.15) is 18.2 Å². The molecule has 2 aromatic carbocycles. The van der Waals surface area contributed by atoms with Gasteiger partial charge in [-0.05, 0) is 60.4 Å². The molecule has 208 valence electrons. The number of fused-ring (bicyclic) bond motifs is 1. The number of nitrogens with zero attached hydrogens (tertiary/aromatic N) is 4. The van der Waals surface area contributed by atoms with E-state index in [1.807, 2.05) is 36.6 Å². The Morgan fingerprint density at radius 2 is 1.79 bits per heavy atom. The standard InChI is InChI=1S/C29H36N4O5S/c1-21-16-25(37-5)17-22(2)29(21)39(35,36)32(4)14-15-38-20-28(34)31(3)18-23-9-11-24(12-10-23)26-19-33-13-7-6-8-27(33)30-26/h6-13,16-17,26H,14-15,18-20H2,1-5H3. The smallest absolute Gasteiger partial charge is 0.248 e. The van der Waals surface area contributed by atoms with Crippen LogP contribution < -0.4 is 4.74 Å². The number of aryl methyl sites for hydroxylation is 2. The second-order valence-electron chi connectivity index (χ2n) is 9.82. The summed E-state index contributed by atoms with van der Waals surface area (Å²) < 4.78 is 38.3. The zero-order valence-electron chi connectivity index (χ0n) is 23.1. The Morgan fingerprint density at radius 3 is 2.44 bits per heavy atom. The number of amidine groups is 1. The molecule has 39 heavy (non-hydrogen) atoms. The van der Waals surface area contributed by atoms with Gasteiger partial charge in [-0.15, -0.1) is 0 Å². The Morgan fingerprint density at radius 1 is 1.10 bits per heavy atom. The number of hydrogen-bond donors (Lipinski definition) is 0. The molecule has 10 heteroatoms. The number of allylic oxidation sites excluding steroid dienone is 2. The molecule has 9 nitrogen and oxygen atoms in total. The fourth-order valence-electron chi connectivity index (χ4n) is 4.69. The average Bonchev–Trinajstić information content (AvgIpc) is 3.35. The van der Waals surface area contributed by atoms with Crippen LogP contribution in [0.4, 0.5) is 0 Å². The molecule has 0 saturated carbocycles. The van der Waals surface area contributed by atoms with Gasteiger partial charge in [0.15, 0.2) is 0 Å². The van der Waals surface area contributed by atoms with Crippen LogP contribution in [0.2, 0.25) is 0 Å². The molecule has 1 unspecified atom stereocenters. The number of carbonyl (C=O) groups is 1. The topological polar surface area (TPSA) is 91.7 Å². The highest BCUT2D eigenvalue weighted by Crippen LogP contribution is 2.28. The second-order valence-corrected chi connectivity index (χ2v) is 11.8. The molecule has 2 aliphatic heterocycles. The molecule has 2 heterocycles. The molecular formula is C29H36N4O5S. The van der Waals surface area contributed by atoms with Crippen molar-refractivity contribution in [1.82, 2.24) is 14.1 Å². The van der Waals surface area contributed by atoms with Crippen molar-refractivity contribution in [2.75, 3.05) is 47.5 Å². The van der Waals surface area contributed by atoms with Gasteiger partial charge in [-0.3, -0.25) is 9.79 Å². The first-order chi connectivity index (χ1) is 18.6. The van der Waals surface area contributed by atoms with Crippen LogP contribution in [-0.4, -0.2) is 81.8 Å². The fraction of sp³-hybridized carbons (Fsp3) is 0.379. The molecule has 4 rings (SSSR count). The SMILES string of the molecule is COc1cc(C)c(S(=O)(=O)N(C)CCOCC(=O)N(C)Cc2ccc(C3CN4C=CC=CC4=N3)cc2)c(C)c1. The normalized spacial score (nSPS) is 16.4. The predicted octanol–water partition coefficient (Wildman–Crippen LogP) is 3.45. The lowest BCUT2D eigenvalue weighted by Gasteiger charge is -2.21. The van der Waals surface area contributed by atoms with E-state index in [-0.39, 0.29) is 36.6 Å². The van der Waals surface area contributed by atoms with Crippen LogP contribution in [0.25, 0.3) is 0 Å². The van der Waals surface area contributed by atoms with E-state index in [0.29, 0.717) is 23.4 Å². The number of amides is 1. The molecule has 0 spiro atoms. The van der Waals surface area contributed by atoms with Gasteiger partial charge in [0.2, 0.25) is 15.9 Å². The first-order valence-electron chi connectivity index (χ1n) is 12.8. The number of likely N-dealkylation sites (N-methyl/N-ethyl adjacent to an activating group) is 2. The van der Waals surface area contributed by atoms with Crippen LogP contribution in [-0.2, 0) is 26.1 Å². The van der Waals surface area contributed by atoms with E-state index in [0.717, 1.165) is 23.5 Å². The molecule has 0 N–H and O–H groups in total. The second kappa shape index (κ2) is 12.1. The maximum Gasteiger partial charge on any atom is 0.248 e. The molecule has 2 aromatic rings. The van der Waals surface area contributed by atoms with Crippen LogP contribution in [0.15, 0.2) is 70.7 Å². The molecule has 0 radical (unpaired) electrons. The third kappa shape index (κ3) is 6.58. The molecular weight excluding hydrogens is 516 g/mol. The molecule has 0 aliphatic carbocycles. The number of sulfonamides is 1. The number of benzene rings is 2. The van der Waals surface area contributed by atoms with E-state index >= 15 is 0 Å². The number of aliphatic imine (C=N–C) groups is 1. The van der Waals surface area contributed by atoms with Crippen LogP contribution in [0, 0.1) is 13.8 Å². The van der Waals surface area contributed by atoms with Gasteiger partial charge in [0.05, 0.1) is 31.2 Å². The highest BCUT2D eigenvalue weighted by atomic mass is 32.2. The van der Waals surface area contributed by atoms with Gasteiger partial charge in [-0.25, -0.2) is 8.42 Å². The molecule has 1 amide bonds. The summed E-state index contributed by atoms with van der Waals surface area (Å²) in [5, 5.41) is 0. The van der Waals surface area contributed by atoms with Crippen molar-refractivity contribution >= 4 is 21.8 Å². The van der Waals surface area contributed by atoms with Gasteiger partial charge < -0.3 is 19.3 Å². The van der Waals surface area contributed by atoms with Crippen molar-refractivity contribution in [2.45, 2.75) is 31.3 Å². The van der Waals surface area contributed by atoms with Crippen molar-refractivity contribution < 1.29 is 22.7 Å². The summed E-state index contributed by atoms with van der Waals surface area (Å²) in [6.45, 7) is 4.86. The average molecular weight is 553 g/mol. The lowest BCUT2D eigenvalue weighted by atomic mass is 10.1. The number of methoxy groups -OCH3 is 1. The Bertz CT molecular complexity index is 1380. The number of carbonyl (C=O) groups excluding carboxylic acids is 1. The molecule has 0 bridgehead atoms. The van der Waals surface area contributed by atoms with Crippen LogP contribution >= 0.6 is 0 Å². The summed E-state index contributed by atoms with van der Waals surface area (Å²) in [6, 6.07) is 11.7. The van der Waals surface area contributed by atoms with Crippen molar-refractivity contribution in [2.24, 2.45) is 4.99 Å². The van der Waals surface area contributed by atoms with Crippen LogP contribution in [0.1, 0.15) is 28.3 Å². The van der Waals surface area contributed by atoms with Gasteiger partial charge in [-0.1, -0.05) is 30.3 Å². The molecule has 0 saturated heterocycles. The van der Waals surface area contributed by atoms with Crippen LogP contribution in [0.5, 0.6) is 5.75 Å². The molecule has 2 aliphatic rings. The largest absolute Gasteiger partial charge is 0.497 e. The van der Waals surface area contributed by atoms with E-state index < -0.39 is 10.0 Å². The van der Waals surface area contributed by atoms with Crippen molar-refractivity contribution in [3.63, 3.8) is 0 Å². The Balaban J connectivity index is 1.23. The quantitative estimate of drug-likeness (QED) is 0.397. The van der Waals surface area contributed by atoms with E-state index in [9.17, 15) is 13.2 Å². The first-order valence-corrected chi connectivity index (χ1v) is 14.3. The lowest BCUT2D eigenvalue weighted by Crippen LogP contribution is -2.33. The zero-order valence-corrected chi connectivity index (χ0v) is 23.9. The third-order valence-electron chi connectivity index (χ3n) is 6.90. The summed E-state index contributed by atoms with van der Waals surface area (Å²) in [4.78, 5) is 21.4. The maximum atomic E-state index is 13.1. The molecule has 0 aromatic heterocycles. The van der Waals surface area contributed by atoms with Crippen molar-refractivity contribution in [3.8, 4) is 5.75 Å². The molecule has 1 atom stereocenters. The summed E-state index contributed by atoms with van der Waals surface area (Å²) >= 11 is 0. The highest BCUT2D eigenvalue weighted by molar-refractivity contribution is 7.89. The number of hydrogen-bond acceptors (Lipinski definition) is 7. The third-order valence-corrected chi connectivity index (χ3v) is 9.06. The summed E-state index contributed by atoms with van der Waals surface area (Å²) in [7, 11) is 1.07. The Labute approximate surface area is 231 Å². The van der Waals surface area contributed by atoms with E-state index in [1.54, 1.807) is 45.0 Å². The monoisotopic (exact) mass is 552 g/mol. The Kier molecular flexibility index (Phi) is 8.89. The molecule has 0 fully saturated rings. The van der Waals surface area contributed by atoms with E-state index in [4.69, 9.17) is 14.5 Å². The summed E-state index contributed by atoms with van der Waals surface area (Å²) in [6.07, 6.45) is 8.04. The summed E-state index contributed by atoms with van der Waals surface area (Å²) in [5.41, 5.74) is 3.38. The lowest BCUT2D eigenvalue weighted by molar-refractivity contribution is -0.135. The highest BCUT2D eigenvalue weighted by Gasteiger charge is 2.26. The van der Waals surface area contributed by atoms with Gasteiger partial charge >= 0.3 is 0 Å². The van der Waals surface area contributed by atoms with Crippen molar-refractivity contribution in [3.05, 3.63) is 83.1 Å². The van der Waals surface area contributed by atoms with Gasteiger partial charge in [0.25, 0.3) is 0 Å². The Hall–Kier alpha value is -3.47. The number of rotatable bonds is 11. The van der Waals surface area contributed by atoms with E-state index in [2.05, 4.69) is 17.0 Å². The fourth-order valence-corrected chi connectivity index (χ4v) is 6.25. The first kappa shape index (κ1) is 28.5. The predicted molar refractivity (Wildman–Crippen MR) is 151 cm³/mol. The minimum absolute atomic E-state index is 0.0914. The number of ether oxygens (including phenoxy) is 2. The van der Waals surface area contributed by atoms with E-state index in [1.165, 1.54) is 11.4 Å². The van der Waals surface area contributed by atoms with Gasteiger partial charge in [-0.2, -0.15) is 4.31 Å². The summed E-state index contributed by atoms with van der Waals surface area (Å²) in [5.74, 6) is 1.42. The van der Waals surface area contributed by atoms with Crippen molar-refractivity contribution in [1.29, 1.82) is 0 Å². The van der Waals surface area contributed by atoms with Gasteiger partial charge in [0, 0.05) is 33.4 Å². The van der Waals surface area contributed by atoms with Crippen LogP contribution in [0.3, 0.4) is 0 Å². The zero-order chi connectivity index (χ0) is 28.2. The maximum absolute atomic E-state index is 13.1. The minimum Gasteiger partial charge on any atom is -0.497 e.